The Kier molecular flexibility index (Phi) is 4.03. The molecule has 0 bridgehead atoms. The summed E-state index contributed by atoms with van der Waals surface area (Å²) < 4.78 is 0. The predicted octanol–water partition coefficient (Wildman–Crippen LogP) is 3.38. The van der Waals surface area contributed by atoms with Crippen LogP contribution in [-0.4, -0.2) is 16.9 Å². The van der Waals surface area contributed by atoms with E-state index in [9.17, 15) is 9.59 Å². The van der Waals surface area contributed by atoms with Gasteiger partial charge in [-0.3, -0.25) is 9.59 Å². The largest absolute Gasteiger partial charge is 0.481 e. The summed E-state index contributed by atoms with van der Waals surface area (Å²) in [5.41, 5.74) is 2.81. The number of Topliss-reactive ketones (excluding diaryl/α,β-unsaturated/α-hetero) is 1. The van der Waals surface area contributed by atoms with Gasteiger partial charge in [0.15, 0.2) is 5.78 Å². The van der Waals surface area contributed by atoms with E-state index in [1.807, 2.05) is 32.0 Å². The highest BCUT2D eigenvalue weighted by molar-refractivity contribution is 5.99. The maximum atomic E-state index is 12.5. The molecule has 0 radical (unpaired) electrons. The van der Waals surface area contributed by atoms with E-state index < -0.39 is 5.97 Å². The van der Waals surface area contributed by atoms with Crippen LogP contribution in [-0.2, 0) is 4.79 Å². The van der Waals surface area contributed by atoms with Gasteiger partial charge in [0, 0.05) is 11.5 Å². The zero-order valence-electron chi connectivity index (χ0n) is 11.5. The van der Waals surface area contributed by atoms with E-state index in [2.05, 4.69) is 0 Å². The molecule has 1 saturated carbocycles. The van der Waals surface area contributed by atoms with Crippen LogP contribution in [0.4, 0.5) is 0 Å². The molecule has 1 aromatic carbocycles. The first-order valence-corrected chi connectivity index (χ1v) is 6.83. The number of hydrogen-bond donors (Lipinski definition) is 1. The number of benzene rings is 1. The van der Waals surface area contributed by atoms with Crippen molar-refractivity contribution in [1.82, 2.24) is 0 Å². The molecule has 1 N–H and O–H groups in total. The van der Waals surface area contributed by atoms with Crippen LogP contribution in [0.1, 0.15) is 47.2 Å². The zero-order valence-corrected chi connectivity index (χ0v) is 11.5. The van der Waals surface area contributed by atoms with Crippen LogP contribution in [0.2, 0.25) is 0 Å². The number of carbonyl (C=O) groups excluding carboxylic acids is 1. The fraction of sp³-hybridized carbons (Fsp3) is 0.500. The monoisotopic (exact) mass is 260 g/mol. The van der Waals surface area contributed by atoms with Crippen molar-refractivity contribution in [2.24, 2.45) is 11.8 Å². The Morgan fingerprint density at radius 2 is 1.84 bits per heavy atom. The number of carboxylic acids is 1. The van der Waals surface area contributed by atoms with Crippen molar-refractivity contribution in [3.8, 4) is 0 Å². The molecule has 2 rings (SSSR count). The van der Waals surface area contributed by atoms with Crippen molar-refractivity contribution in [3.05, 3.63) is 34.9 Å². The SMILES string of the molecule is Cc1ccc(C)c(C(=O)C2CCCC(C(=O)O)C2)c1. The summed E-state index contributed by atoms with van der Waals surface area (Å²) in [5, 5.41) is 9.10. The van der Waals surface area contributed by atoms with E-state index >= 15 is 0 Å². The van der Waals surface area contributed by atoms with E-state index in [1.165, 1.54) is 0 Å². The van der Waals surface area contributed by atoms with Gasteiger partial charge in [-0.2, -0.15) is 0 Å². The predicted molar refractivity (Wildman–Crippen MR) is 73.3 cm³/mol. The minimum absolute atomic E-state index is 0.118. The number of carbonyl (C=O) groups is 2. The maximum Gasteiger partial charge on any atom is 0.306 e. The maximum absolute atomic E-state index is 12.5. The molecule has 1 fully saturated rings. The van der Waals surface area contributed by atoms with E-state index in [1.54, 1.807) is 0 Å². The summed E-state index contributed by atoms with van der Waals surface area (Å²) in [5.74, 6) is -1.13. The smallest absolute Gasteiger partial charge is 0.306 e. The fourth-order valence-corrected chi connectivity index (χ4v) is 2.87. The summed E-state index contributed by atoms with van der Waals surface area (Å²) in [6.07, 6.45) is 2.84. The van der Waals surface area contributed by atoms with Gasteiger partial charge in [-0.25, -0.2) is 0 Å². The average Bonchev–Trinajstić information content (AvgIpc) is 2.41. The number of aliphatic carboxylic acids is 1. The normalized spacial score (nSPS) is 23.1. The van der Waals surface area contributed by atoms with Crippen LogP contribution in [0.15, 0.2) is 18.2 Å². The number of aryl methyl sites for hydroxylation is 2. The summed E-state index contributed by atoms with van der Waals surface area (Å²) in [7, 11) is 0. The van der Waals surface area contributed by atoms with Crippen molar-refractivity contribution in [3.63, 3.8) is 0 Å². The van der Waals surface area contributed by atoms with Gasteiger partial charge >= 0.3 is 5.97 Å². The van der Waals surface area contributed by atoms with E-state index in [0.29, 0.717) is 12.8 Å². The first kappa shape index (κ1) is 13.8. The van der Waals surface area contributed by atoms with Gasteiger partial charge in [0.05, 0.1) is 5.92 Å². The van der Waals surface area contributed by atoms with Gasteiger partial charge < -0.3 is 5.11 Å². The van der Waals surface area contributed by atoms with Gasteiger partial charge in [0.25, 0.3) is 0 Å². The van der Waals surface area contributed by atoms with Gasteiger partial charge in [-0.15, -0.1) is 0 Å². The molecule has 2 unspecified atom stereocenters. The minimum Gasteiger partial charge on any atom is -0.481 e. The third-order valence-corrected chi connectivity index (χ3v) is 4.05. The molecule has 19 heavy (non-hydrogen) atoms. The van der Waals surface area contributed by atoms with Crippen molar-refractivity contribution < 1.29 is 14.7 Å². The Balaban J connectivity index is 2.19. The second-order valence-corrected chi connectivity index (χ2v) is 5.58. The number of hydrogen-bond acceptors (Lipinski definition) is 2. The van der Waals surface area contributed by atoms with Crippen LogP contribution >= 0.6 is 0 Å². The number of carboxylic acid groups (broad SMARTS) is 1. The van der Waals surface area contributed by atoms with Crippen LogP contribution < -0.4 is 0 Å². The molecule has 0 spiro atoms. The lowest BCUT2D eigenvalue weighted by molar-refractivity contribution is -0.143. The Bertz CT molecular complexity index is 505. The van der Waals surface area contributed by atoms with Crippen LogP contribution in [0.25, 0.3) is 0 Å². The lowest BCUT2D eigenvalue weighted by Crippen LogP contribution is -2.27. The molecule has 0 saturated heterocycles. The number of ketones is 1. The minimum atomic E-state index is -0.765. The highest BCUT2D eigenvalue weighted by Crippen LogP contribution is 2.32. The average molecular weight is 260 g/mol. The van der Waals surface area contributed by atoms with Crippen molar-refractivity contribution in [2.45, 2.75) is 39.5 Å². The molecule has 0 aliphatic heterocycles. The lowest BCUT2D eigenvalue weighted by atomic mass is 9.77. The van der Waals surface area contributed by atoms with E-state index in [-0.39, 0.29) is 17.6 Å². The molecule has 3 heteroatoms. The summed E-state index contributed by atoms with van der Waals surface area (Å²) in [6.45, 7) is 3.90. The zero-order chi connectivity index (χ0) is 14.0. The van der Waals surface area contributed by atoms with Gasteiger partial charge in [-0.05, 0) is 44.7 Å². The molecule has 2 atom stereocenters. The van der Waals surface area contributed by atoms with Crippen LogP contribution in [0.5, 0.6) is 0 Å². The Hall–Kier alpha value is -1.64. The van der Waals surface area contributed by atoms with Crippen LogP contribution in [0, 0.1) is 25.7 Å². The Labute approximate surface area is 113 Å². The summed E-state index contributed by atoms with van der Waals surface area (Å²) >= 11 is 0. The van der Waals surface area contributed by atoms with Gasteiger partial charge in [-0.1, -0.05) is 24.1 Å². The van der Waals surface area contributed by atoms with E-state index in [0.717, 1.165) is 29.5 Å². The highest BCUT2D eigenvalue weighted by Gasteiger charge is 2.31. The van der Waals surface area contributed by atoms with Crippen LogP contribution in [0.3, 0.4) is 0 Å². The summed E-state index contributed by atoms with van der Waals surface area (Å²) in [4.78, 5) is 23.6. The second kappa shape index (κ2) is 5.55. The molecule has 1 aliphatic carbocycles. The van der Waals surface area contributed by atoms with Gasteiger partial charge in [0.2, 0.25) is 0 Å². The molecule has 1 aliphatic rings. The Morgan fingerprint density at radius 1 is 1.16 bits per heavy atom. The van der Waals surface area contributed by atoms with Gasteiger partial charge in [0.1, 0.15) is 0 Å². The number of rotatable bonds is 3. The molecule has 0 amide bonds. The lowest BCUT2D eigenvalue weighted by Gasteiger charge is -2.26. The van der Waals surface area contributed by atoms with E-state index in [4.69, 9.17) is 5.11 Å². The molecule has 0 heterocycles. The standard InChI is InChI=1S/C16H20O3/c1-10-6-7-11(2)14(8-10)15(17)12-4-3-5-13(9-12)16(18)19/h6-8,12-13H,3-5,9H2,1-2H3,(H,18,19). The first-order chi connectivity index (χ1) is 8.99. The fourth-order valence-electron chi connectivity index (χ4n) is 2.87. The van der Waals surface area contributed by atoms with Crippen molar-refractivity contribution >= 4 is 11.8 Å². The first-order valence-electron chi connectivity index (χ1n) is 6.83. The molecule has 102 valence electrons. The quantitative estimate of drug-likeness (QED) is 0.848. The Morgan fingerprint density at radius 3 is 2.53 bits per heavy atom. The summed E-state index contributed by atoms with van der Waals surface area (Å²) in [6, 6.07) is 5.87. The van der Waals surface area contributed by atoms with Crippen molar-refractivity contribution in [1.29, 1.82) is 0 Å². The topological polar surface area (TPSA) is 54.4 Å². The molecular weight excluding hydrogens is 240 g/mol. The molecule has 0 aromatic heterocycles. The second-order valence-electron chi connectivity index (χ2n) is 5.58. The third-order valence-electron chi connectivity index (χ3n) is 4.05. The molecule has 3 nitrogen and oxygen atoms in total. The van der Waals surface area contributed by atoms with Crippen molar-refractivity contribution in [2.75, 3.05) is 0 Å². The molecular formula is C16H20O3. The highest BCUT2D eigenvalue weighted by atomic mass is 16.4. The molecule has 1 aromatic rings. The third kappa shape index (κ3) is 3.03.